The van der Waals surface area contributed by atoms with E-state index >= 15 is 0 Å². The highest BCUT2D eigenvalue weighted by Gasteiger charge is 2.26. The van der Waals surface area contributed by atoms with E-state index in [4.69, 9.17) is 5.73 Å². The molecule has 0 bridgehead atoms. The van der Waals surface area contributed by atoms with Crippen LogP contribution < -0.4 is 11.1 Å². The molecule has 1 atom stereocenters. The van der Waals surface area contributed by atoms with Crippen LogP contribution in [0.4, 0.5) is 4.79 Å². The third-order valence-corrected chi connectivity index (χ3v) is 4.00. The van der Waals surface area contributed by atoms with Gasteiger partial charge in [-0.1, -0.05) is 0 Å². The summed E-state index contributed by atoms with van der Waals surface area (Å²) in [7, 11) is 1.86. The van der Waals surface area contributed by atoms with Crippen LogP contribution >= 0.6 is 15.9 Å². The van der Waals surface area contributed by atoms with Crippen LogP contribution in [0.1, 0.15) is 23.3 Å². The molecule has 2 heterocycles. The lowest BCUT2D eigenvalue weighted by Gasteiger charge is -2.32. The number of amides is 3. The molecular weight excluding hydrogens is 324 g/mol. The molecular formula is C13H19BrN4O2. The molecule has 0 spiro atoms. The van der Waals surface area contributed by atoms with Gasteiger partial charge in [0.25, 0.3) is 5.91 Å². The zero-order chi connectivity index (χ0) is 14.7. The first-order chi connectivity index (χ1) is 9.47. The predicted octanol–water partition coefficient (Wildman–Crippen LogP) is 1.31. The average Bonchev–Trinajstić information content (AvgIpc) is 2.75. The molecule has 20 heavy (non-hydrogen) atoms. The van der Waals surface area contributed by atoms with E-state index in [0.29, 0.717) is 18.8 Å². The summed E-state index contributed by atoms with van der Waals surface area (Å²) in [6.45, 7) is 1.94. The van der Waals surface area contributed by atoms with Gasteiger partial charge in [-0.25, -0.2) is 4.79 Å². The molecule has 1 aromatic rings. The van der Waals surface area contributed by atoms with E-state index in [0.717, 1.165) is 23.9 Å². The number of carbonyl (C=O) groups excluding carboxylic acids is 2. The number of piperidine rings is 1. The number of aromatic nitrogens is 1. The molecule has 3 N–H and O–H groups in total. The maximum Gasteiger partial charge on any atom is 0.312 e. The third-order valence-electron chi connectivity index (χ3n) is 3.56. The van der Waals surface area contributed by atoms with Crippen LogP contribution in [0.15, 0.2) is 16.7 Å². The molecule has 1 unspecified atom stereocenters. The molecule has 1 fully saturated rings. The number of nitrogens with zero attached hydrogens (tertiary/aromatic N) is 2. The zero-order valence-electron chi connectivity index (χ0n) is 11.4. The Labute approximate surface area is 126 Å². The van der Waals surface area contributed by atoms with Gasteiger partial charge in [-0.05, 0) is 40.8 Å². The van der Waals surface area contributed by atoms with Gasteiger partial charge in [0.1, 0.15) is 5.69 Å². The lowest BCUT2D eigenvalue weighted by atomic mass is 9.98. The maximum atomic E-state index is 12.5. The molecule has 0 radical (unpaired) electrons. The maximum absolute atomic E-state index is 12.5. The van der Waals surface area contributed by atoms with Gasteiger partial charge in [0.2, 0.25) is 0 Å². The van der Waals surface area contributed by atoms with E-state index in [-0.39, 0.29) is 11.8 Å². The van der Waals surface area contributed by atoms with Crippen LogP contribution in [0.5, 0.6) is 0 Å². The molecule has 3 amide bonds. The minimum absolute atomic E-state index is 0.0296. The molecule has 1 saturated heterocycles. The lowest BCUT2D eigenvalue weighted by molar-refractivity contribution is 0.0665. The minimum Gasteiger partial charge on any atom is -0.352 e. The largest absolute Gasteiger partial charge is 0.352 e. The average molecular weight is 343 g/mol. The summed E-state index contributed by atoms with van der Waals surface area (Å²) in [5.41, 5.74) is 5.75. The number of hydrogen-bond donors (Lipinski definition) is 2. The van der Waals surface area contributed by atoms with Crippen molar-refractivity contribution in [2.75, 3.05) is 19.6 Å². The summed E-state index contributed by atoms with van der Waals surface area (Å²) in [6.07, 6.45) is 3.81. The second-order valence-corrected chi connectivity index (χ2v) is 6.07. The van der Waals surface area contributed by atoms with Gasteiger partial charge in [0.05, 0.1) is 0 Å². The fourth-order valence-electron chi connectivity index (χ4n) is 2.56. The highest BCUT2D eigenvalue weighted by Crippen LogP contribution is 2.20. The number of urea groups is 1. The first-order valence-electron chi connectivity index (χ1n) is 6.62. The van der Waals surface area contributed by atoms with Gasteiger partial charge >= 0.3 is 6.03 Å². The van der Waals surface area contributed by atoms with Crippen LogP contribution in [0.3, 0.4) is 0 Å². The Balaban J connectivity index is 1.99. The van der Waals surface area contributed by atoms with Crippen molar-refractivity contribution in [2.45, 2.75) is 12.8 Å². The van der Waals surface area contributed by atoms with Crippen molar-refractivity contribution in [1.29, 1.82) is 0 Å². The molecule has 1 aliphatic heterocycles. The van der Waals surface area contributed by atoms with E-state index in [1.54, 1.807) is 0 Å². The normalized spacial score (nSPS) is 18.9. The second kappa shape index (κ2) is 6.30. The van der Waals surface area contributed by atoms with Crippen LogP contribution in [-0.4, -0.2) is 41.0 Å². The van der Waals surface area contributed by atoms with Crippen molar-refractivity contribution in [1.82, 2.24) is 14.8 Å². The summed E-state index contributed by atoms with van der Waals surface area (Å²) >= 11 is 3.38. The van der Waals surface area contributed by atoms with E-state index in [1.165, 1.54) is 0 Å². The van der Waals surface area contributed by atoms with Gasteiger partial charge in [-0.2, -0.15) is 0 Å². The molecule has 0 aromatic carbocycles. The fourth-order valence-corrected chi connectivity index (χ4v) is 3.08. The third kappa shape index (κ3) is 3.53. The molecule has 110 valence electrons. The monoisotopic (exact) mass is 342 g/mol. The Bertz CT molecular complexity index is 514. The van der Waals surface area contributed by atoms with Gasteiger partial charge < -0.3 is 20.5 Å². The number of hydrogen-bond acceptors (Lipinski definition) is 2. The molecule has 0 saturated carbocycles. The first-order valence-corrected chi connectivity index (χ1v) is 7.41. The van der Waals surface area contributed by atoms with Gasteiger partial charge in [-0.15, -0.1) is 0 Å². The number of carbonyl (C=O) groups is 2. The molecule has 2 rings (SSSR count). The minimum atomic E-state index is -0.514. The standard InChI is InChI=1S/C13H19BrN4O2/c1-17-8-10(14)5-11(17)12(19)18-4-2-3-9(7-18)6-16-13(15)20/h5,8-9H,2-4,6-7H2,1H3,(H3,15,16,20). The zero-order valence-corrected chi connectivity index (χ0v) is 13.0. The number of nitrogens with two attached hydrogens (primary N) is 1. The second-order valence-electron chi connectivity index (χ2n) is 5.16. The fraction of sp³-hybridized carbons (Fsp3) is 0.538. The number of rotatable bonds is 3. The highest BCUT2D eigenvalue weighted by atomic mass is 79.9. The van der Waals surface area contributed by atoms with E-state index in [1.807, 2.05) is 28.8 Å². The van der Waals surface area contributed by atoms with Crippen molar-refractivity contribution < 1.29 is 9.59 Å². The summed E-state index contributed by atoms with van der Waals surface area (Å²) in [4.78, 5) is 25.1. The first kappa shape index (κ1) is 14.9. The van der Waals surface area contributed by atoms with Crippen molar-refractivity contribution in [2.24, 2.45) is 18.7 Å². The van der Waals surface area contributed by atoms with Crippen LogP contribution in [-0.2, 0) is 7.05 Å². The van der Waals surface area contributed by atoms with Crippen molar-refractivity contribution in [3.8, 4) is 0 Å². The summed E-state index contributed by atoms with van der Waals surface area (Å²) < 4.78 is 2.71. The number of aryl methyl sites for hydroxylation is 1. The molecule has 7 heteroatoms. The Hall–Kier alpha value is -1.50. The lowest BCUT2D eigenvalue weighted by Crippen LogP contribution is -2.44. The Kier molecular flexibility index (Phi) is 4.69. The molecule has 6 nitrogen and oxygen atoms in total. The van der Waals surface area contributed by atoms with Crippen LogP contribution in [0, 0.1) is 5.92 Å². The Morgan fingerprint density at radius 3 is 2.90 bits per heavy atom. The quantitative estimate of drug-likeness (QED) is 0.868. The smallest absolute Gasteiger partial charge is 0.312 e. The Morgan fingerprint density at radius 2 is 2.30 bits per heavy atom. The molecule has 0 aliphatic carbocycles. The van der Waals surface area contributed by atoms with Crippen molar-refractivity contribution in [3.63, 3.8) is 0 Å². The summed E-state index contributed by atoms with van der Waals surface area (Å²) in [5, 5.41) is 2.62. The summed E-state index contributed by atoms with van der Waals surface area (Å²) in [6, 6.07) is 1.31. The van der Waals surface area contributed by atoms with Crippen molar-refractivity contribution >= 4 is 27.9 Å². The number of likely N-dealkylation sites (tertiary alicyclic amines) is 1. The number of halogens is 1. The van der Waals surface area contributed by atoms with Gasteiger partial charge in [0, 0.05) is 37.4 Å². The highest BCUT2D eigenvalue weighted by molar-refractivity contribution is 9.10. The van der Waals surface area contributed by atoms with Crippen LogP contribution in [0.25, 0.3) is 0 Å². The van der Waals surface area contributed by atoms with Crippen LogP contribution in [0.2, 0.25) is 0 Å². The predicted molar refractivity (Wildman–Crippen MR) is 79.3 cm³/mol. The molecule has 1 aliphatic rings. The summed E-state index contributed by atoms with van der Waals surface area (Å²) in [5.74, 6) is 0.297. The van der Waals surface area contributed by atoms with Crippen molar-refractivity contribution in [3.05, 3.63) is 22.4 Å². The van der Waals surface area contributed by atoms with Gasteiger partial charge in [-0.3, -0.25) is 4.79 Å². The molecule has 1 aromatic heterocycles. The van der Waals surface area contributed by atoms with E-state index in [9.17, 15) is 9.59 Å². The number of primary amides is 1. The van der Waals surface area contributed by atoms with E-state index < -0.39 is 6.03 Å². The topological polar surface area (TPSA) is 80.4 Å². The van der Waals surface area contributed by atoms with Gasteiger partial charge in [0.15, 0.2) is 0 Å². The SMILES string of the molecule is Cn1cc(Br)cc1C(=O)N1CCCC(CNC(N)=O)C1. The number of nitrogens with one attached hydrogen (secondary N) is 1. The Morgan fingerprint density at radius 1 is 1.55 bits per heavy atom. The van der Waals surface area contributed by atoms with E-state index in [2.05, 4.69) is 21.2 Å².